The van der Waals surface area contributed by atoms with E-state index in [-0.39, 0.29) is 11.9 Å². The Kier molecular flexibility index (Phi) is 4.35. The van der Waals surface area contributed by atoms with Gasteiger partial charge in [-0.25, -0.2) is 0 Å². The molecule has 98 valence electrons. The first kappa shape index (κ1) is 13.3. The Morgan fingerprint density at radius 1 is 1.05 bits per heavy atom. The molecular weight excluding hydrogens is 234 g/mol. The molecule has 0 aromatic heterocycles. The maximum atomic E-state index is 12.2. The molecule has 0 heterocycles. The first-order valence-electron chi connectivity index (χ1n) is 6.63. The van der Waals surface area contributed by atoms with Crippen molar-refractivity contribution in [2.75, 3.05) is 0 Å². The predicted octanol–water partition coefficient (Wildman–Crippen LogP) is 3.88. The quantitative estimate of drug-likeness (QED) is 0.880. The molecule has 0 radical (unpaired) electrons. The minimum Gasteiger partial charge on any atom is -0.345 e. The van der Waals surface area contributed by atoms with Crippen molar-refractivity contribution >= 4 is 5.91 Å². The highest BCUT2D eigenvalue weighted by Gasteiger charge is 2.13. The van der Waals surface area contributed by atoms with Crippen LogP contribution in [0.25, 0.3) is 0 Å². The van der Waals surface area contributed by atoms with E-state index >= 15 is 0 Å². The third-order valence-corrected chi connectivity index (χ3v) is 3.23. The van der Waals surface area contributed by atoms with Crippen LogP contribution in [0.1, 0.15) is 40.9 Å². The van der Waals surface area contributed by atoms with Crippen LogP contribution in [-0.4, -0.2) is 5.91 Å². The number of nitrogens with one attached hydrogen (secondary N) is 1. The molecule has 1 N–H and O–H groups in total. The summed E-state index contributed by atoms with van der Waals surface area (Å²) in [5.41, 5.74) is 3.01. The molecule has 1 atom stereocenters. The molecule has 0 aliphatic heterocycles. The van der Waals surface area contributed by atoms with Gasteiger partial charge in [-0.15, -0.1) is 0 Å². The van der Waals surface area contributed by atoms with Gasteiger partial charge in [-0.2, -0.15) is 0 Å². The van der Waals surface area contributed by atoms with Gasteiger partial charge in [0.25, 0.3) is 5.91 Å². The number of benzene rings is 2. The molecular formula is C17H19NO. The van der Waals surface area contributed by atoms with Gasteiger partial charge in [-0.3, -0.25) is 4.79 Å². The first-order valence-corrected chi connectivity index (χ1v) is 6.63. The third kappa shape index (κ3) is 3.44. The Bertz CT molecular complexity index is 531. The first-order chi connectivity index (χ1) is 9.20. The van der Waals surface area contributed by atoms with Gasteiger partial charge >= 0.3 is 0 Å². The maximum absolute atomic E-state index is 12.2. The van der Waals surface area contributed by atoms with Crippen LogP contribution in [0.2, 0.25) is 0 Å². The standard InChI is InChI=1S/C17H19NO/c1-3-16(14-7-5-4-6-8-14)18-17(19)15-11-9-13(2)10-12-15/h4-12,16H,3H2,1-2H3,(H,18,19)/t16-/m0/s1. The highest BCUT2D eigenvalue weighted by atomic mass is 16.1. The van der Waals surface area contributed by atoms with Crippen molar-refractivity contribution in [2.24, 2.45) is 0 Å². The van der Waals surface area contributed by atoms with Crippen LogP contribution in [0.4, 0.5) is 0 Å². The fraction of sp³-hybridized carbons (Fsp3) is 0.235. The summed E-state index contributed by atoms with van der Waals surface area (Å²) >= 11 is 0. The van der Waals surface area contributed by atoms with Gasteiger partial charge in [0, 0.05) is 5.56 Å². The molecule has 0 aliphatic carbocycles. The van der Waals surface area contributed by atoms with Gasteiger partial charge in [0.15, 0.2) is 0 Å². The maximum Gasteiger partial charge on any atom is 0.251 e. The number of hydrogen-bond acceptors (Lipinski definition) is 1. The van der Waals surface area contributed by atoms with E-state index < -0.39 is 0 Å². The van der Waals surface area contributed by atoms with Crippen LogP contribution < -0.4 is 5.32 Å². The van der Waals surface area contributed by atoms with Crippen LogP contribution in [0.15, 0.2) is 54.6 Å². The van der Waals surface area contributed by atoms with E-state index in [0.717, 1.165) is 17.5 Å². The van der Waals surface area contributed by atoms with Crippen LogP contribution in [-0.2, 0) is 0 Å². The number of hydrogen-bond donors (Lipinski definition) is 1. The average Bonchev–Trinajstić information content (AvgIpc) is 2.46. The largest absolute Gasteiger partial charge is 0.345 e. The molecule has 2 heteroatoms. The van der Waals surface area contributed by atoms with E-state index in [4.69, 9.17) is 0 Å². The monoisotopic (exact) mass is 253 g/mol. The van der Waals surface area contributed by atoms with Crippen molar-refractivity contribution in [2.45, 2.75) is 26.3 Å². The smallest absolute Gasteiger partial charge is 0.251 e. The normalized spacial score (nSPS) is 11.9. The molecule has 2 aromatic rings. The van der Waals surface area contributed by atoms with Gasteiger partial charge < -0.3 is 5.32 Å². The Balaban J connectivity index is 2.10. The van der Waals surface area contributed by atoms with Gasteiger partial charge in [0.05, 0.1) is 6.04 Å². The summed E-state index contributed by atoms with van der Waals surface area (Å²) in [6.07, 6.45) is 0.877. The zero-order chi connectivity index (χ0) is 13.7. The lowest BCUT2D eigenvalue weighted by atomic mass is 10.0. The highest BCUT2D eigenvalue weighted by Crippen LogP contribution is 2.16. The molecule has 0 bridgehead atoms. The number of aryl methyl sites for hydroxylation is 1. The molecule has 0 saturated heterocycles. The average molecular weight is 253 g/mol. The lowest BCUT2D eigenvalue weighted by Crippen LogP contribution is -2.28. The zero-order valence-electron chi connectivity index (χ0n) is 11.4. The van der Waals surface area contributed by atoms with Crippen molar-refractivity contribution in [3.05, 3.63) is 71.3 Å². The van der Waals surface area contributed by atoms with E-state index in [2.05, 4.69) is 12.2 Å². The molecule has 0 spiro atoms. The van der Waals surface area contributed by atoms with Gasteiger partial charge in [0.2, 0.25) is 0 Å². The Morgan fingerprint density at radius 3 is 2.26 bits per heavy atom. The summed E-state index contributed by atoms with van der Waals surface area (Å²) in [5.74, 6) is -0.0179. The van der Waals surface area contributed by atoms with E-state index in [9.17, 15) is 4.79 Å². The van der Waals surface area contributed by atoms with E-state index in [1.165, 1.54) is 0 Å². The molecule has 19 heavy (non-hydrogen) atoms. The van der Waals surface area contributed by atoms with Crippen molar-refractivity contribution in [3.8, 4) is 0 Å². The second kappa shape index (κ2) is 6.19. The lowest BCUT2D eigenvalue weighted by molar-refractivity contribution is 0.0935. The van der Waals surface area contributed by atoms with E-state index in [1.807, 2.05) is 61.5 Å². The fourth-order valence-corrected chi connectivity index (χ4v) is 2.05. The van der Waals surface area contributed by atoms with Crippen LogP contribution in [0.5, 0.6) is 0 Å². The summed E-state index contributed by atoms with van der Waals surface area (Å²) in [6.45, 7) is 4.09. The van der Waals surface area contributed by atoms with Gasteiger partial charge in [-0.05, 0) is 31.0 Å². The summed E-state index contributed by atoms with van der Waals surface area (Å²) in [4.78, 5) is 12.2. The molecule has 0 aliphatic rings. The van der Waals surface area contributed by atoms with E-state index in [1.54, 1.807) is 0 Å². The summed E-state index contributed by atoms with van der Waals surface area (Å²) in [7, 11) is 0. The summed E-state index contributed by atoms with van der Waals surface area (Å²) in [6, 6.07) is 17.8. The number of rotatable bonds is 4. The van der Waals surface area contributed by atoms with Crippen molar-refractivity contribution in [3.63, 3.8) is 0 Å². The fourth-order valence-electron chi connectivity index (χ4n) is 2.05. The second-order valence-corrected chi connectivity index (χ2v) is 4.71. The Hall–Kier alpha value is -2.09. The molecule has 1 amide bonds. The second-order valence-electron chi connectivity index (χ2n) is 4.71. The molecule has 0 saturated carbocycles. The number of carbonyl (C=O) groups excluding carboxylic acids is 1. The molecule has 2 rings (SSSR count). The SMILES string of the molecule is CC[C@H](NC(=O)c1ccc(C)cc1)c1ccccc1. The van der Waals surface area contributed by atoms with E-state index in [0.29, 0.717) is 5.56 Å². The van der Waals surface area contributed by atoms with Crippen molar-refractivity contribution in [1.29, 1.82) is 0 Å². The third-order valence-electron chi connectivity index (χ3n) is 3.23. The van der Waals surface area contributed by atoms with Crippen molar-refractivity contribution < 1.29 is 4.79 Å². The molecule has 0 unspecified atom stereocenters. The van der Waals surface area contributed by atoms with Crippen molar-refractivity contribution in [1.82, 2.24) is 5.32 Å². The minimum atomic E-state index is -0.0179. The Labute approximate surface area is 114 Å². The number of carbonyl (C=O) groups is 1. The summed E-state index contributed by atoms with van der Waals surface area (Å²) < 4.78 is 0. The summed E-state index contributed by atoms with van der Waals surface area (Å²) in [5, 5.41) is 3.08. The van der Waals surface area contributed by atoms with Crippen LogP contribution in [0, 0.1) is 6.92 Å². The number of amides is 1. The predicted molar refractivity (Wildman–Crippen MR) is 78.1 cm³/mol. The molecule has 2 nitrogen and oxygen atoms in total. The van der Waals surface area contributed by atoms with Gasteiger partial charge in [-0.1, -0.05) is 55.0 Å². The lowest BCUT2D eigenvalue weighted by Gasteiger charge is -2.17. The highest BCUT2D eigenvalue weighted by molar-refractivity contribution is 5.94. The molecule has 2 aromatic carbocycles. The minimum absolute atomic E-state index is 0.0179. The Morgan fingerprint density at radius 2 is 1.68 bits per heavy atom. The topological polar surface area (TPSA) is 29.1 Å². The zero-order valence-corrected chi connectivity index (χ0v) is 11.4. The van der Waals surface area contributed by atoms with Gasteiger partial charge in [0.1, 0.15) is 0 Å². The van der Waals surface area contributed by atoms with Crippen LogP contribution in [0.3, 0.4) is 0 Å². The molecule has 0 fully saturated rings. The van der Waals surface area contributed by atoms with Crippen LogP contribution >= 0.6 is 0 Å².